The first-order valence-electron chi connectivity index (χ1n) is 8.13. The van der Waals surface area contributed by atoms with Crippen molar-refractivity contribution >= 4 is 22.9 Å². The maximum absolute atomic E-state index is 12.3. The molecule has 0 saturated carbocycles. The van der Waals surface area contributed by atoms with Crippen molar-refractivity contribution in [1.82, 2.24) is 9.97 Å². The zero-order valence-electron chi connectivity index (χ0n) is 13.9. The summed E-state index contributed by atoms with van der Waals surface area (Å²) in [5.74, 6) is 0.565. The lowest BCUT2D eigenvalue weighted by Crippen LogP contribution is -2.15. The molecule has 0 bridgehead atoms. The standard InChI is InChI=1S/C19H19N3O2S/c1-2-11-24-17-9-4-3-7-15(17)22-18(23)12-14-13-25-19(21-14)16-8-5-6-10-20-16/h3-10,13H,2,11-12H2,1H3,(H,22,23). The Bertz CT molecular complexity index is 833. The fourth-order valence-corrected chi connectivity index (χ4v) is 3.06. The molecule has 0 saturated heterocycles. The van der Waals surface area contributed by atoms with Crippen molar-refractivity contribution in [2.24, 2.45) is 0 Å². The van der Waals surface area contributed by atoms with Crippen molar-refractivity contribution in [1.29, 1.82) is 0 Å². The van der Waals surface area contributed by atoms with Crippen LogP contribution in [0.2, 0.25) is 0 Å². The third-order valence-electron chi connectivity index (χ3n) is 3.40. The molecule has 0 atom stereocenters. The smallest absolute Gasteiger partial charge is 0.230 e. The fraction of sp³-hybridized carbons (Fsp3) is 0.211. The number of hydrogen-bond acceptors (Lipinski definition) is 5. The molecule has 0 aliphatic carbocycles. The quantitative estimate of drug-likeness (QED) is 0.692. The first kappa shape index (κ1) is 17.1. The molecule has 6 heteroatoms. The minimum absolute atomic E-state index is 0.120. The predicted molar refractivity (Wildman–Crippen MR) is 99.9 cm³/mol. The second-order valence-electron chi connectivity index (χ2n) is 5.43. The average molecular weight is 353 g/mol. The van der Waals surface area contributed by atoms with Crippen LogP contribution in [-0.4, -0.2) is 22.5 Å². The van der Waals surface area contributed by atoms with E-state index in [-0.39, 0.29) is 12.3 Å². The molecule has 0 spiro atoms. The van der Waals surface area contributed by atoms with E-state index in [9.17, 15) is 4.79 Å². The molecular formula is C19H19N3O2S. The number of hydrogen-bond donors (Lipinski definition) is 1. The first-order chi connectivity index (χ1) is 12.3. The van der Waals surface area contributed by atoms with Crippen molar-refractivity contribution in [2.45, 2.75) is 19.8 Å². The molecule has 0 fully saturated rings. The van der Waals surface area contributed by atoms with Gasteiger partial charge in [-0.1, -0.05) is 25.1 Å². The summed E-state index contributed by atoms with van der Waals surface area (Å²) in [5.41, 5.74) is 2.23. The number of amides is 1. The topological polar surface area (TPSA) is 64.1 Å². The van der Waals surface area contributed by atoms with Crippen molar-refractivity contribution < 1.29 is 9.53 Å². The number of nitrogens with one attached hydrogen (secondary N) is 1. The Morgan fingerprint density at radius 1 is 1.20 bits per heavy atom. The van der Waals surface area contributed by atoms with Crippen LogP contribution in [0.15, 0.2) is 54.0 Å². The highest BCUT2D eigenvalue weighted by Gasteiger charge is 2.12. The molecule has 1 aromatic carbocycles. The molecule has 2 aromatic heterocycles. The largest absolute Gasteiger partial charge is 0.491 e. The number of rotatable bonds is 7. The van der Waals surface area contributed by atoms with E-state index in [4.69, 9.17) is 4.74 Å². The Morgan fingerprint density at radius 2 is 2.04 bits per heavy atom. The Balaban J connectivity index is 1.65. The Hall–Kier alpha value is -2.73. The van der Waals surface area contributed by atoms with Gasteiger partial charge in [0.1, 0.15) is 10.8 Å². The minimum atomic E-state index is -0.120. The van der Waals surface area contributed by atoms with E-state index in [0.29, 0.717) is 18.0 Å². The zero-order valence-corrected chi connectivity index (χ0v) is 14.8. The van der Waals surface area contributed by atoms with Gasteiger partial charge in [0.15, 0.2) is 0 Å². The normalized spacial score (nSPS) is 10.4. The number of carbonyl (C=O) groups is 1. The van der Waals surface area contributed by atoms with Crippen LogP contribution in [0.4, 0.5) is 5.69 Å². The summed E-state index contributed by atoms with van der Waals surface area (Å²) in [5, 5.41) is 5.61. The van der Waals surface area contributed by atoms with Crippen LogP contribution in [0.1, 0.15) is 19.0 Å². The van der Waals surface area contributed by atoms with Crippen LogP contribution in [-0.2, 0) is 11.2 Å². The summed E-state index contributed by atoms with van der Waals surface area (Å²) in [7, 11) is 0. The third kappa shape index (κ3) is 4.64. The van der Waals surface area contributed by atoms with Crippen molar-refractivity contribution in [2.75, 3.05) is 11.9 Å². The van der Waals surface area contributed by atoms with E-state index in [1.807, 2.05) is 54.8 Å². The summed E-state index contributed by atoms with van der Waals surface area (Å²) in [6.07, 6.45) is 2.86. The summed E-state index contributed by atoms with van der Waals surface area (Å²) < 4.78 is 5.66. The summed E-state index contributed by atoms with van der Waals surface area (Å²) >= 11 is 1.49. The lowest BCUT2D eigenvalue weighted by molar-refractivity contribution is -0.115. The fourth-order valence-electron chi connectivity index (χ4n) is 2.26. The van der Waals surface area contributed by atoms with Crippen LogP contribution in [0.25, 0.3) is 10.7 Å². The highest BCUT2D eigenvalue weighted by Crippen LogP contribution is 2.25. The van der Waals surface area contributed by atoms with Gasteiger partial charge >= 0.3 is 0 Å². The average Bonchev–Trinajstić information content (AvgIpc) is 3.10. The van der Waals surface area contributed by atoms with Gasteiger partial charge < -0.3 is 10.1 Å². The van der Waals surface area contributed by atoms with Gasteiger partial charge in [0, 0.05) is 11.6 Å². The van der Waals surface area contributed by atoms with E-state index >= 15 is 0 Å². The van der Waals surface area contributed by atoms with Crippen LogP contribution in [0.5, 0.6) is 5.75 Å². The summed E-state index contributed by atoms with van der Waals surface area (Å²) in [4.78, 5) is 21.1. The van der Waals surface area contributed by atoms with Gasteiger partial charge in [-0.15, -0.1) is 11.3 Å². The molecule has 128 valence electrons. The summed E-state index contributed by atoms with van der Waals surface area (Å²) in [6.45, 7) is 2.66. The van der Waals surface area contributed by atoms with Crippen LogP contribution in [0, 0.1) is 0 Å². The van der Waals surface area contributed by atoms with Gasteiger partial charge in [0.2, 0.25) is 5.91 Å². The number of aromatic nitrogens is 2. The van der Waals surface area contributed by atoms with E-state index in [2.05, 4.69) is 15.3 Å². The SMILES string of the molecule is CCCOc1ccccc1NC(=O)Cc1csc(-c2ccccn2)n1. The van der Waals surface area contributed by atoms with Crippen LogP contribution >= 0.6 is 11.3 Å². The number of nitrogens with zero attached hydrogens (tertiary/aromatic N) is 2. The molecule has 0 unspecified atom stereocenters. The molecule has 0 radical (unpaired) electrons. The molecule has 1 N–H and O–H groups in total. The molecule has 3 aromatic rings. The number of benzene rings is 1. The molecule has 5 nitrogen and oxygen atoms in total. The second-order valence-corrected chi connectivity index (χ2v) is 6.29. The van der Waals surface area contributed by atoms with Crippen LogP contribution in [0.3, 0.4) is 0 Å². The monoisotopic (exact) mass is 353 g/mol. The van der Waals surface area contributed by atoms with Gasteiger partial charge in [-0.05, 0) is 30.7 Å². The van der Waals surface area contributed by atoms with Crippen molar-refractivity contribution in [3.8, 4) is 16.5 Å². The van der Waals surface area contributed by atoms with Gasteiger partial charge in [0.25, 0.3) is 0 Å². The van der Waals surface area contributed by atoms with E-state index in [0.717, 1.165) is 22.8 Å². The maximum Gasteiger partial charge on any atom is 0.230 e. The number of pyridine rings is 1. The molecule has 1 amide bonds. The summed E-state index contributed by atoms with van der Waals surface area (Å²) in [6, 6.07) is 13.1. The number of anilines is 1. The van der Waals surface area contributed by atoms with Crippen molar-refractivity contribution in [3.63, 3.8) is 0 Å². The maximum atomic E-state index is 12.3. The van der Waals surface area contributed by atoms with Gasteiger partial charge in [-0.2, -0.15) is 0 Å². The third-order valence-corrected chi connectivity index (χ3v) is 4.31. The second kappa shape index (κ2) is 8.39. The molecule has 0 aliphatic heterocycles. The van der Waals surface area contributed by atoms with E-state index < -0.39 is 0 Å². The molecular weight excluding hydrogens is 334 g/mol. The van der Waals surface area contributed by atoms with E-state index in [1.165, 1.54) is 11.3 Å². The highest BCUT2D eigenvalue weighted by atomic mass is 32.1. The minimum Gasteiger partial charge on any atom is -0.491 e. The van der Waals surface area contributed by atoms with Gasteiger partial charge in [-0.3, -0.25) is 9.78 Å². The number of para-hydroxylation sites is 2. The Kier molecular flexibility index (Phi) is 5.74. The molecule has 0 aliphatic rings. The van der Waals surface area contributed by atoms with E-state index in [1.54, 1.807) is 6.20 Å². The molecule has 3 rings (SSSR count). The zero-order chi connectivity index (χ0) is 17.5. The number of carbonyl (C=O) groups excluding carboxylic acids is 1. The lowest BCUT2D eigenvalue weighted by Gasteiger charge is -2.11. The highest BCUT2D eigenvalue weighted by molar-refractivity contribution is 7.13. The van der Waals surface area contributed by atoms with Gasteiger partial charge in [-0.25, -0.2) is 4.98 Å². The number of ether oxygens (including phenoxy) is 1. The molecule has 25 heavy (non-hydrogen) atoms. The molecule has 2 heterocycles. The Morgan fingerprint density at radius 3 is 2.84 bits per heavy atom. The first-order valence-corrected chi connectivity index (χ1v) is 9.01. The van der Waals surface area contributed by atoms with Gasteiger partial charge in [0.05, 0.1) is 30.1 Å². The number of thiazole rings is 1. The predicted octanol–water partition coefficient (Wildman–Crippen LogP) is 4.18. The Labute approximate surface area is 150 Å². The van der Waals surface area contributed by atoms with Crippen molar-refractivity contribution in [3.05, 3.63) is 59.7 Å². The van der Waals surface area contributed by atoms with Crippen LogP contribution < -0.4 is 10.1 Å². The lowest BCUT2D eigenvalue weighted by atomic mass is 10.2.